The number of nitrogens with zero attached hydrogens (tertiary/aromatic N) is 3. The van der Waals surface area contributed by atoms with E-state index in [1.54, 1.807) is 19.2 Å². The lowest BCUT2D eigenvalue weighted by Gasteiger charge is -2.29. The Morgan fingerprint density at radius 3 is 2.81 bits per heavy atom. The molecule has 2 heterocycles. The van der Waals surface area contributed by atoms with Gasteiger partial charge in [0.25, 0.3) is 0 Å². The standard InChI is InChI=1S/C15H24N4O2/c1-3-21-15(20)13-4-5-14(17-12-13)18(2)10-11-19-8-6-16-7-9-19/h4-5,12,16H,3,6-11H2,1-2H3. The van der Waals surface area contributed by atoms with E-state index in [9.17, 15) is 4.79 Å². The van der Waals surface area contributed by atoms with Crippen LogP contribution in [0.1, 0.15) is 17.3 Å². The molecule has 0 aliphatic carbocycles. The summed E-state index contributed by atoms with van der Waals surface area (Å²) in [5, 5.41) is 3.35. The third-order valence-corrected chi connectivity index (χ3v) is 3.61. The topological polar surface area (TPSA) is 57.7 Å². The third kappa shape index (κ3) is 4.68. The van der Waals surface area contributed by atoms with E-state index in [-0.39, 0.29) is 5.97 Å². The van der Waals surface area contributed by atoms with Gasteiger partial charge in [0.1, 0.15) is 5.82 Å². The number of nitrogens with one attached hydrogen (secondary N) is 1. The molecule has 116 valence electrons. The molecule has 0 saturated carbocycles. The first-order valence-corrected chi connectivity index (χ1v) is 7.48. The number of carbonyl (C=O) groups excluding carboxylic acids is 1. The van der Waals surface area contributed by atoms with Crippen molar-refractivity contribution in [2.24, 2.45) is 0 Å². The molecule has 0 radical (unpaired) electrons. The third-order valence-electron chi connectivity index (χ3n) is 3.61. The molecule has 1 aromatic heterocycles. The summed E-state index contributed by atoms with van der Waals surface area (Å²) in [6.45, 7) is 8.46. The minimum absolute atomic E-state index is 0.319. The van der Waals surface area contributed by atoms with Crippen molar-refractivity contribution in [2.45, 2.75) is 6.92 Å². The lowest BCUT2D eigenvalue weighted by atomic mass is 10.3. The number of hydrogen-bond acceptors (Lipinski definition) is 6. The van der Waals surface area contributed by atoms with E-state index in [0.717, 1.165) is 45.1 Å². The van der Waals surface area contributed by atoms with Gasteiger partial charge in [0, 0.05) is 52.5 Å². The van der Waals surface area contributed by atoms with E-state index in [1.807, 2.05) is 13.1 Å². The maximum absolute atomic E-state index is 11.6. The largest absolute Gasteiger partial charge is 0.462 e. The van der Waals surface area contributed by atoms with E-state index in [4.69, 9.17) is 4.74 Å². The van der Waals surface area contributed by atoms with Crippen molar-refractivity contribution >= 4 is 11.8 Å². The van der Waals surface area contributed by atoms with Crippen LogP contribution in [0.25, 0.3) is 0 Å². The fourth-order valence-electron chi connectivity index (χ4n) is 2.29. The fraction of sp³-hybridized carbons (Fsp3) is 0.600. The summed E-state index contributed by atoms with van der Waals surface area (Å²) in [6, 6.07) is 3.63. The number of ether oxygens (including phenoxy) is 1. The van der Waals surface area contributed by atoms with Gasteiger partial charge < -0.3 is 15.0 Å². The number of esters is 1. The van der Waals surface area contributed by atoms with E-state index in [2.05, 4.69) is 20.1 Å². The Kier molecular flexibility index (Phi) is 5.95. The molecule has 6 nitrogen and oxygen atoms in total. The molecular formula is C15H24N4O2. The van der Waals surface area contributed by atoms with Gasteiger partial charge in [-0.2, -0.15) is 0 Å². The van der Waals surface area contributed by atoms with Crippen LogP contribution >= 0.6 is 0 Å². The predicted molar refractivity (Wildman–Crippen MR) is 82.8 cm³/mol. The number of pyridine rings is 1. The molecule has 1 aromatic rings. The number of likely N-dealkylation sites (N-methyl/N-ethyl adjacent to an activating group) is 1. The van der Waals surface area contributed by atoms with E-state index >= 15 is 0 Å². The Morgan fingerprint density at radius 1 is 1.43 bits per heavy atom. The molecule has 1 fully saturated rings. The number of carbonyl (C=O) groups is 1. The van der Waals surface area contributed by atoms with Crippen LogP contribution in [-0.4, -0.2) is 68.8 Å². The number of hydrogen-bond donors (Lipinski definition) is 1. The van der Waals surface area contributed by atoms with Gasteiger partial charge in [-0.3, -0.25) is 4.90 Å². The Labute approximate surface area is 126 Å². The van der Waals surface area contributed by atoms with Gasteiger partial charge in [0.2, 0.25) is 0 Å². The second kappa shape index (κ2) is 7.95. The molecule has 1 N–H and O–H groups in total. The Morgan fingerprint density at radius 2 is 2.19 bits per heavy atom. The fourth-order valence-corrected chi connectivity index (χ4v) is 2.29. The Hall–Kier alpha value is -1.66. The zero-order valence-corrected chi connectivity index (χ0v) is 12.8. The molecule has 6 heteroatoms. The van der Waals surface area contributed by atoms with Crippen molar-refractivity contribution < 1.29 is 9.53 Å². The highest BCUT2D eigenvalue weighted by Crippen LogP contribution is 2.10. The highest BCUT2D eigenvalue weighted by atomic mass is 16.5. The number of aromatic nitrogens is 1. The zero-order valence-electron chi connectivity index (χ0n) is 12.8. The van der Waals surface area contributed by atoms with Crippen LogP contribution in [0.2, 0.25) is 0 Å². The van der Waals surface area contributed by atoms with Crippen LogP contribution in [0, 0.1) is 0 Å². The highest BCUT2D eigenvalue weighted by molar-refractivity contribution is 5.89. The van der Waals surface area contributed by atoms with E-state index < -0.39 is 0 Å². The smallest absolute Gasteiger partial charge is 0.339 e. The summed E-state index contributed by atoms with van der Waals surface area (Å²) in [5.74, 6) is 0.554. The first-order valence-electron chi connectivity index (χ1n) is 7.48. The summed E-state index contributed by atoms with van der Waals surface area (Å²) >= 11 is 0. The monoisotopic (exact) mass is 292 g/mol. The molecule has 0 bridgehead atoms. The Bertz CT molecular complexity index is 443. The van der Waals surface area contributed by atoms with Crippen molar-refractivity contribution in [1.29, 1.82) is 0 Å². The van der Waals surface area contributed by atoms with Gasteiger partial charge in [-0.15, -0.1) is 0 Å². The number of rotatable bonds is 6. The minimum Gasteiger partial charge on any atom is -0.462 e. The molecule has 0 spiro atoms. The van der Waals surface area contributed by atoms with Crippen LogP contribution in [0.4, 0.5) is 5.82 Å². The molecular weight excluding hydrogens is 268 g/mol. The molecule has 0 unspecified atom stereocenters. The SMILES string of the molecule is CCOC(=O)c1ccc(N(C)CCN2CCNCC2)nc1. The van der Waals surface area contributed by atoms with Crippen LogP contribution in [0.15, 0.2) is 18.3 Å². The maximum atomic E-state index is 11.6. The van der Waals surface area contributed by atoms with Gasteiger partial charge in [-0.25, -0.2) is 9.78 Å². The summed E-state index contributed by atoms with van der Waals surface area (Å²) in [7, 11) is 2.02. The molecule has 0 amide bonds. The highest BCUT2D eigenvalue weighted by Gasteiger charge is 2.12. The lowest BCUT2D eigenvalue weighted by molar-refractivity contribution is 0.0526. The van der Waals surface area contributed by atoms with Crippen molar-refractivity contribution in [1.82, 2.24) is 15.2 Å². The van der Waals surface area contributed by atoms with Crippen LogP contribution < -0.4 is 10.2 Å². The van der Waals surface area contributed by atoms with Crippen LogP contribution in [0.5, 0.6) is 0 Å². The normalized spacial score (nSPS) is 15.7. The average molecular weight is 292 g/mol. The second-order valence-electron chi connectivity index (χ2n) is 5.14. The lowest BCUT2D eigenvalue weighted by Crippen LogP contribution is -2.46. The maximum Gasteiger partial charge on any atom is 0.339 e. The molecule has 0 atom stereocenters. The minimum atomic E-state index is -0.319. The van der Waals surface area contributed by atoms with Crippen LogP contribution in [-0.2, 0) is 4.74 Å². The average Bonchev–Trinajstić information content (AvgIpc) is 2.54. The summed E-state index contributed by atoms with van der Waals surface area (Å²) in [5.41, 5.74) is 0.496. The molecule has 0 aromatic carbocycles. The van der Waals surface area contributed by atoms with Gasteiger partial charge >= 0.3 is 5.97 Å². The van der Waals surface area contributed by atoms with Crippen molar-refractivity contribution in [3.05, 3.63) is 23.9 Å². The molecule has 1 aliphatic heterocycles. The first kappa shape index (κ1) is 15.7. The number of anilines is 1. The van der Waals surface area contributed by atoms with Crippen LogP contribution in [0.3, 0.4) is 0 Å². The summed E-state index contributed by atoms with van der Waals surface area (Å²) in [6.07, 6.45) is 1.58. The molecule has 21 heavy (non-hydrogen) atoms. The summed E-state index contributed by atoms with van der Waals surface area (Å²) in [4.78, 5) is 20.5. The first-order chi connectivity index (χ1) is 10.2. The van der Waals surface area contributed by atoms with Gasteiger partial charge in [0.05, 0.1) is 12.2 Å². The van der Waals surface area contributed by atoms with E-state index in [1.165, 1.54) is 0 Å². The zero-order chi connectivity index (χ0) is 15.1. The molecule has 1 saturated heterocycles. The quantitative estimate of drug-likeness (QED) is 0.775. The van der Waals surface area contributed by atoms with Gasteiger partial charge in [-0.05, 0) is 19.1 Å². The van der Waals surface area contributed by atoms with Crippen molar-refractivity contribution in [3.63, 3.8) is 0 Å². The number of piperazine rings is 1. The van der Waals surface area contributed by atoms with Crippen molar-refractivity contribution in [2.75, 3.05) is 57.8 Å². The van der Waals surface area contributed by atoms with Crippen molar-refractivity contribution in [3.8, 4) is 0 Å². The Balaban J connectivity index is 1.84. The molecule has 1 aliphatic rings. The summed E-state index contributed by atoms with van der Waals surface area (Å²) < 4.78 is 4.95. The van der Waals surface area contributed by atoms with E-state index in [0.29, 0.717) is 12.2 Å². The molecule has 2 rings (SSSR count). The second-order valence-corrected chi connectivity index (χ2v) is 5.14. The predicted octanol–water partition coefficient (Wildman–Crippen LogP) is 0.600. The van der Waals surface area contributed by atoms with Gasteiger partial charge in [0.15, 0.2) is 0 Å². The van der Waals surface area contributed by atoms with Gasteiger partial charge in [-0.1, -0.05) is 0 Å².